The Morgan fingerprint density at radius 2 is 1.59 bits per heavy atom. The van der Waals surface area contributed by atoms with Crippen LogP contribution in [0.4, 0.5) is 0 Å². The number of amides is 1. The maximum absolute atomic E-state index is 13.1. The number of carbonyl (C=O) groups is 2. The smallest absolute Gasteiger partial charge is 0.335 e. The Hall–Kier alpha value is -3.65. The molecule has 4 rings (SSSR count). The number of nitrogens with one attached hydrogen (secondary N) is 1. The van der Waals surface area contributed by atoms with Gasteiger partial charge in [-0.3, -0.25) is 4.79 Å². The lowest BCUT2D eigenvalue weighted by Crippen LogP contribution is -2.27. The molecule has 4 aromatic rings. The van der Waals surface area contributed by atoms with Gasteiger partial charge in [0.2, 0.25) is 0 Å². The second-order valence-corrected chi connectivity index (χ2v) is 9.52. The predicted molar refractivity (Wildman–Crippen MR) is 133 cm³/mol. The Morgan fingerprint density at radius 1 is 0.853 bits per heavy atom. The van der Waals surface area contributed by atoms with Crippen LogP contribution in [0.5, 0.6) is 0 Å². The molecule has 1 atom stereocenters. The molecule has 0 aromatic heterocycles. The molecular formula is C27H24N2O4S. The molecule has 0 saturated carbocycles. The molecule has 1 amide bonds. The van der Waals surface area contributed by atoms with Crippen LogP contribution in [0.15, 0.2) is 95.9 Å². The van der Waals surface area contributed by atoms with E-state index in [9.17, 15) is 14.1 Å². The minimum atomic E-state index is -1.34. The highest BCUT2D eigenvalue weighted by molar-refractivity contribution is 7.89. The molecule has 6 nitrogen and oxygen atoms in total. The van der Waals surface area contributed by atoms with E-state index in [1.807, 2.05) is 48.5 Å². The average Bonchev–Trinajstić information content (AvgIpc) is 2.86. The van der Waals surface area contributed by atoms with Crippen LogP contribution < -0.4 is 5.32 Å². The van der Waals surface area contributed by atoms with E-state index in [2.05, 4.69) is 5.32 Å². The third-order valence-electron chi connectivity index (χ3n) is 5.45. The second kappa shape index (κ2) is 10.5. The van der Waals surface area contributed by atoms with E-state index in [-0.39, 0.29) is 18.0 Å². The summed E-state index contributed by atoms with van der Waals surface area (Å²) in [7, 11) is 1.79. The number of nitrogens with zero attached hydrogens (tertiary/aromatic N) is 1. The number of carbonyl (C=O) groups excluding carboxylic acids is 1. The molecule has 2 N–H and O–H groups in total. The highest BCUT2D eigenvalue weighted by Crippen LogP contribution is 2.22. The van der Waals surface area contributed by atoms with Gasteiger partial charge in [0.05, 0.1) is 23.5 Å². The Labute approximate surface area is 201 Å². The van der Waals surface area contributed by atoms with Gasteiger partial charge in [-0.1, -0.05) is 48.5 Å². The van der Waals surface area contributed by atoms with Crippen LogP contribution in [0, 0.1) is 0 Å². The molecule has 34 heavy (non-hydrogen) atoms. The Bertz CT molecular complexity index is 1320. The first-order chi connectivity index (χ1) is 16.4. The van der Waals surface area contributed by atoms with Crippen molar-refractivity contribution in [3.8, 4) is 0 Å². The van der Waals surface area contributed by atoms with Gasteiger partial charge in [-0.15, -0.1) is 4.31 Å². The normalized spacial score (nSPS) is 12.0. The van der Waals surface area contributed by atoms with E-state index in [4.69, 9.17) is 5.11 Å². The van der Waals surface area contributed by atoms with Crippen molar-refractivity contribution in [1.29, 1.82) is 0 Å². The van der Waals surface area contributed by atoms with Crippen molar-refractivity contribution in [2.75, 3.05) is 7.05 Å². The predicted octanol–water partition coefficient (Wildman–Crippen LogP) is 4.62. The molecule has 4 aromatic carbocycles. The summed E-state index contributed by atoms with van der Waals surface area (Å²) in [6.07, 6.45) is 0. The molecule has 7 heteroatoms. The first-order valence-corrected chi connectivity index (χ1v) is 11.8. The summed E-state index contributed by atoms with van der Waals surface area (Å²) in [6, 6.07) is 27.3. The van der Waals surface area contributed by atoms with Crippen molar-refractivity contribution in [2.45, 2.75) is 18.0 Å². The summed E-state index contributed by atoms with van der Waals surface area (Å²) in [5, 5.41) is 14.0. The number of hydrogen-bond acceptors (Lipinski definition) is 4. The van der Waals surface area contributed by atoms with E-state index in [1.54, 1.807) is 41.7 Å². The van der Waals surface area contributed by atoms with Crippen LogP contribution in [0.25, 0.3) is 10.8 Å². The van der Waals surface area contributed by atoms with Crippen molar-refractivity contribution in [3.05, 3.63) is 113 Å². The number of aromatic carboxylic acids is 1. The highest BCUT2D eigenvalue weighted by Gasteiger charge is 2.19. The molecule has 0 heterocycles. The maximum atomic E-state index is 13.1. The quantitative estimate of drug-likeness (QED) is 0.365. The summed E-state index contributed by atoms with van der Waals surface area (Å²) in [4.78, 5) is 24.3. The standard InChI is InChI=1S/C27H24N2O4S/c1-29(34(33)25-14-13-21-6-2-3-7-23(21)16-25)18-20-5-4-8-24(15-20)26(30)28-17-19-9-11-22(12-10-19)27(31)32/h2-16H,17-18H2,1H3,(H,28,30)(H,31,32). The first kappa shape index (κ1) is 23.5. The van der Waals surface area contributed by atoms with Gasteiger partial charge in [-0.05, 0) is 58.3 Å². The molecule has 0 bridgehead atoms. The maximum Gasteiger partial charge on any atom is 0.335 e. The third kappa shape index (κ3) is 5.63. The minimum Gasteiger partial charge on any atom is -0.593 e. The third-order valence-corrected chi connectivity index (χ3v) is 6.81. The van der Waals surface area contributed by atoms with Gasteiger partial charge in [0, 0.05) is 25.2 Å². The lowest BCUT2D eigenvalue weighted by molar-refractivity contribution is 0.0696. The number of carboxylic acid groups (broad SMARTS) is 1. The van der Waals surface area contributed by atoms with Gasteiger partial charge in [0.15, 0.2) is 4.90 Å². The minimum absolute atomic E-state index is 0.202. The van der Waals surface area contributed by atoms with Crippen molar-refractivity contribution in [2.24, 2.45) is 0 Å². The van der Waals surface area contributed by atoms with Gasteiger partial charge >= 0.3 is 5.97 Å². The van der Waals surface area contributed by atoms with E-state index in [0.29, 0.717) is 12.1 Å². The largest absolute Gasteiger partial charge is 0.593 e. The molecule has 0 fully saturated rings. The fourth-order valence-corrected chi connectivity index (χ4v) is 4.67. The van der Waals surface area contributed by atoms with Crippen LogP contribution in [-0.2, 0) is 24.5 Å². The van der Waals surface area contributed by atoms with Crippen LogP contribution in [0.1, 0.15) is 31.8 Å². The molecular weight excluding hydrogens is 448 g/mol. The molecule has 0 aliphatic heterocycles. The number of rotatable bonds is 8. The Morgan fingerprint density at radius 3 is 2.32 bits per heavy atom. The Kier molecular flexibility index (Phi) is 7.27. The molecule has 0 aliphatic carbocycles. The molecule has 172 valence electrons. The molecule has 1 unspecified atom stereocenters. The molecule has 0 aliphatic rings. The number of benzene rings is 4. The monoisotopic (exact) mass is 472 g/mol. The van der Waals surface area contributed by atoms with Crippen LogP contribution in [0.2, 0.25) is 0 Å². The van der Waals surface area contributed by atoms with E-state index >= 15 is 0 Å². The molecule has 0 spiro atoms. The zero-order valence-electron chi connectivity index (χ0n) is 18.6. The van der Waals surface area contributed by atoms with Crippen molar-refractivity contribution < 1.29 is 19.2 Å². The van der Waals surface area contributed by atoms with Gasteiger partial charge in [0.25, 0.3) is 5.91 Å². The SMILES string of the molecule is CN(Cc1cccc(C(=O)NCc2ccc(C(=O)O)cc2)c1)[S+]([O-])c1ccc2ccccc2c1. The van der Waals surface area contributed by atoms with Crippen molar-refractivity contribution in [3.63, 3.8) is 0 Å². The lowest BCUT2D eigenvalue weighted by Gasteiger charge is -2.20. The van der Waals surface area contributed by atoms with E-state index < -0.39 is 17.3 Å². The summed E-state index contributed by atoms with van der Waals surface area (Å²) in [6.45, 7) is 0.700. The Balaban J connectivity index is 1.38. The number of fused-ring (bicyclic) bond motifs is 1. The van der Waals surface area contributed by atoms with Crippen LogP contribution >= 0.6 is 0 Å². The molecule has 0 radical (unpaired) electrons. The van der Waals surface area contributed by atoms with E-state index in [0.717, 1.165) is 26.8 Å². The topological polar surface area (TPSA) is 92.7 Å². The highest BCUT2D eigenvalue weighted by atomic mass is 32.2. The number of carboxylic acids is 1. The lowest BCUT2D eigenvalue weighted by atomic mass is 10.1. The van der Waals surface area contributed by atoms with Crippen LogP contribution in [-0.4, -0.2) is 32.9 Å². The zero-order chi connectivity index (χ0) is 24.1. The first-order valence-electron chi connectivity index (χ1n) is 10.7. The zero-order valence-corrected chi connectivity index (χ0v) is 19.4. The van der Waals surface area contributed by atoms with Crippen LogP contribution in [0.3, 0.4) is 0 Å². The van der Waals surface area contributed by atoms with Crippen molar-refractivity contribution >= 4 is 34.0 Å². The summed E-state index contributed by atoms with van der Waals surface area (Å²) < 4.78 is 14.8. The second-order valence-electron chi connectivity index (χ2n) is 7.93. The fraction of sp³-hybridized carbons (Fsp3) is 0.111. The van der Waals surface area contributed by atoms with E-state index in [1.165, 1.54) is 12.1 Å². The van der Waals surface area contributed by atoms with Gasteiger partial charge in [-0.25, -0.2) is 4.79 Å². The van der Waals surface area contributed by atoms with Gasteiger partial charge in [0.1, 0.15) is 0 Å². The average molecular weight is 473 g/mol. The van der Waals surface area contributed by atoms with Gasteiger partial charge in [-0.2, -0.15) is 0 Å². The fourth-order valence-electron chi connectivity index (χ4n) is 3.63. The summed E-state index contributed by atoms with van der Waals surface area (Å²) >= 11 is -1.34. The van der Waals surface area contributed by atoms with Crippen molar-refractivity contribution in [1.82, 2.24) is 9.62 Å². The summed E-state index contributed by atoms with van der Waals surface area (Å²) in [5.74, 6) is -1.22. The molecule has 0 saturated heterocycles. The summed E-state index contributed by atoms with van der Waals surface area (Å²) in [5.41, 5.74) is 2.38. The number of hydrogen-bond donors (Lipinski definition) is 2. The van der Waals surface area contributed by atoms with Gasteiger partial charge < -0.3 is 15.0 Å².